The minimum Gasteiger partial charge on any atom is -0.384 e. The van der Waals surface area contributed by atoms with Crippen LogP contribution in [-0.4, -0.2) is 5.78 Å². The van der Waals surface area contributed by atoms with Gasteiger partial charge in [-0.25, -0.2) is 0 Å². The normalized spacial score (nSPS) is 18.4. The van der Waals surface area contributed by atoms with Gasteiger partial charge in [0, 0.05) is 29.2 Å². The van der Waals surface area contributed by atoms with Gasteiger partial charge in [-0.1, -0.05) is 73.5 Å². The van der Waals surface area contributed by atoms with E-state index in [-0.39, 0.29) is 34.3 Å². The lowest BCUT2D eigenvalue weighted by Crippen LogP contribution is -2.42. The van der Waals surface area contributed by atoms with Gasteiger partial charge >= 0.3 is 6.18 Å². The Labute approximate surface area is 265 Å². The molecule has 1 unspecified atom stereocenters. The standard InChI is InChI=1S/C35H33ClF3N3OS/c1-20-12-23(19-44-18-22-8-6-5-7-9-22)21(2)25(13-20)31-26(17-40)33(41)42(29-15-34(3,4)16-30(43)32(29)31)28-14-24(35(37,38)39)10-11-27(28)36/h5-14,31H,15-16,18-19,41H2,1-4H3. The number of anilines is 1. The third kappa shape index (κ3) is 6.13. The summed E-state index contributed by atoms with van der Waals surface area (Å²) in [5, 5.41) is 10.6. The monoisotopic (exact) mass is 635 g/mol. The number of nitrogens with zero attached hydrogens (tertiary/aromatic N) is 2. The SMILES string of the molecule is Cc1cc(CSCc2ccccc2)c(C)c(C2C(C#N)=C(N)N(c3cc(C(F)(F)F)ccc3Cl)C3=C2C(=O)CC(C)(C)C3)c1. The van der Waals surface area contributed by atoms with Crippen LogP contribution in [0.5, 0.6) is 0 Å². The average Bonchev–Trinajstić information content (AvgIpc) is 2.94. The number of carbonyl (C=O) groups excluding carboxylic acids is 1. The third-order valence-electron chi connectivity index (χ3n) is 8.28. The van der Waals surface area contributed by atoms with Crippen molar-refractivity contribution >= 4 is 34.8 Å². The number of Topliss-reactive ketones (excluding diaryl/α,β-unsaturated/α-hetero) is 1. The molecule has 3 aromatic carbocycles. The summed E-state index contributed by atoms with van der Waals surface area (Å²) in [6, 6.07) is 19.5. The molecule has 0 saturated heterocycles. The number of allylic oxidation sites excluding steroid dienone is 3. The zero-order valence-corrected chi connectivity index (χ0v) is 26.6. The average molecular weight is 636 g/mol. The molecule has 0 spiro atoms. The number of halogens is 4. The highest BCUT2D eigenvalue weighted by Gasteiger charge is 2.46. The van der Waals surface area contributed by atoms with Crippen LogP contribution in [0.2, 0.25) is 5.02 Å². The maximum atomic E-state index is 14.0. The van der Waals surface area contributed by atoms with E-state index in [1.54, 1.807) is 11.8 Å². The second-order valence-electron chi connectivity index (χ2n) is 12.3. The Kier molecular flexibility index (Phi) is 8.67. The smallest absolute Gasteiger partial charge is 0.384 e. The van der Waals surface area contributed by atoms with Gasteiger partial charge in [-0.2, -0.15) is 30.2 Å². The van der Waals surface area contributed by atoms with Crippen molar-refractivity contribution < 1.29 is 18.0 Å². The summed E-state index contributed by atoms with van der Waals surface area (Å²) in [5.41, 5.74) is 11.4. The van der Waals surface area contributed by atoms with Gasteiger partial charge < -0.3 is 5.73 Å². The van der Waals surface area contributed by atoms with Crippen LogP contribution in [0.4, 0.5) is 18.9 Å². The molecule has 0 amide bonds. The Morgan fingerprint density at radius 2 is 1.77 bits per heavy atom. The maximum absolute atomic E-state index is 14.0. The zero-order valence-electron chi connectivity index (χ0n) is 25.0. The Morgan fingerprint density at radius 3 is 2.43 bits per heavy atom. The number of nitriles is 1. The first-order chi connectivity index (χ1) is 20.7. The second-order valence-corrected chi connectivity index (χ2v) is 13.7. The van der Waals surface area contributed by atoms with Crippen LogP contribution in [0.1, 0.15) is 66.0 Å². The van der Waals surface area contributed by atoms with Gasteiger partial charge in [-0.05, 0) is 66.1 Å². The van der Waals surface area contributed by atoms with E-state index >= 15 is 0 Å². The third-order valence-corrected chi connectivity index (χ3v) is 9.65. The molecule has 0 radical (unpaired) electrons. The summed E-state index contributed by atoms with van der Waals surface area (Å²) in [7, 11) is 0. The fourth-order valence-corrected chi connectivity index (χ4v) is 7.47. The number of carbonyl (C=O) groups is 1. The predicted octanol–water partition coefficient (Wildman–Crippen LogP) is 9.35. The Balaban J connectivity index is 1.67. The van der Waals surface area contributed by atoms with Gasteiger partial charge in [0.15, 0.2) is 5.78 Å². The summed E-state index contributed by atoms with van der Waals surface area (Å²) in [5.74, 6) is 0.623. The van der Waals surface area contributed by atoms with Crippen molar-refractivity contribution in [2.75, 3.05) is 4.90 Å². The number of rotatable bonds is 6. The fourth-order valence-electron chi connectivity index (χ4n) is 6.22. The van der Waals surface area contributed by atoms with Crippen molar-refractivity contribution in [3.05, 3.63) is 122 Å². The molecule has 4 nitrogen and oxygen atoms in total. The number of nitrogens with two attached hydrogens (primary N) is 1. The highest BCUT2D eigenvalue weighted by molar-refractivity contribution is 7.97. The van der Waals surface area contributed by atoms with Crippen molar-refractivity contribution in [1.82, 2.24) is 0 Å². The minimum atomic E-state index is -4.62. The van der Waals surface area contributed by atoms with E-state index in [2.05, 4.69) is 24.3 Å². The molecule has 0 fully saturated rings. The summed E-state index contributed by atoms with van der Waals surface area (Å²) in [4.78, 5) is 15.4. The molecule has 2 N–H and O–H groups in total. The van der Waals surface area contributed by atoms with Crippen LogP contribution in [0.25, 0.3) is 0 Å². The van der Waals surface area contributed by atoms with E-state index < -0.39 is 23.1 Å². The molecule has 1 aliphatic heterocycles. The largest absolute Gasteiger partial charge is 0.416 e. The first kappa shape index (κ1) is 31.7. The van der Waals surface area contributed by atoms with Crippen molar-refractivity contribution in [3.63, 3.8) is 0 Å². The molecule has 44 heavy (non-hydrogen) atoms. The van der Waals surface area contributed by atoms with E-state index in [0.29, 0.717) is 17.7 Å². The molecule has 5 rings (SSSR count). The molecule has 0 aromatic heterocycles. The van der Waals surface area contributed by atoms with Crippen molar-refractivity contribution in [2.24, 2.45) is 11.1 Å². The van der Waals surface area contributed by atoms with Crippen LogP contribution < -0.4 is 10.6 Å². The van der Waals surface area contributed by atoms with E-state index in [4.69, 9.17) is 17.3 Å². The highest BCUT2D eigenvalue weighted by Crippen LogP contribution is 2.52. The lowest BCUT2D eigenvalue weighted by molar-refractivity contribution is -0.137. The van der Waals surface area contributed by atoms with Gasteiger partial charge in [-0.3, -0.25) is 9.69 Å². The molecule has 3 aromatic rings. The van der Waals surface area contributed by atoms with Crippen molar-refractivity contribution in [2.45, 2.75) is 64.1 Å². The van der Waals surface area contributed by atoms with Gasteiger partial charge in [0.25, 0.3) is 0 Å². The van der Waals surface area contributed by atoms with E-state index in [0.717, 1.165) is 45.9 Å². The number of ketones is 1. The predicted molar refractivity (Wildman–Crippen MR) is 171 cm³/mol. The highest BCUT2D eigenvalue weighted by atomic mass is 35.5. The van der Waals surface area contributed by atoms with Gasteiger partial charge in [0.2, 0.25) is 0 Å². The fraction of sp³-hybridized carbons (Fsp3) is 0.314. The van der Waals surface area contributed by atoms with Crippen LogP contribution >= 0.6 is 23.4 Å². The van der Waals surface area contributed by atoms with E-state index in [1.807, 2.05) is 52.0 Å². The van der Waals surface area contributed by atoms with Crippen LogP contribution in [-0.2, 0) is 22.5 Å². The molecule has 228 valence electrons. The van der Waals surface area contributed by atoms with Crippen LogP contribution in [0.3, 0.4) is 0 Å². The van der Waals surface area contributed by atoms with E-state index in [1.165, 1.54) is 16.5 Å². The molecule has 1 aliphatic carbocycles. The second kappa shape index (κ2) is 12.0. The molecule has 1 atom stereocenters. The summed E-state index contributed by atoms with van der Waals surface area (Å²) < 4.78 is 41.4. The summed E-state index contributed by atoms with van der Waals surface area (Å²) >= 11 is 8.28. The first-order valence-electron chi connectivity index (χ1n) is 14.3. The number of thioether (sulfide) groups is 1. The maximum Gasteiger partial charge on any atom is 0.416 e. The summed E-state index contributed by atoms with van der Waals surface area (Å²) in [6.45, 7) is 7.85. The Bertz CT molecular complexity index is 1740. The molecule has 9 heteroatoms. The molecule has 1 heterocycles. The Hall–Kier alpha value is -3.67. The van der Waals surface area contributed by atoms with Crippen molar-refractivity contribution in [1.29, 1.82) is 5.26 Å². The van der Waals surface area contributed by atoms with Gasteiger partial charge in [-0.15, -0.1) is 0 Å². The molecule has 0 saturated carbocycles. The number of benzene rings is 3. The lowest BCUT2D eigenvalue weighted by atomic mass is 9.68. The molecular formula is C35H33ClF3N3OS. The van der Waals surface area contributed by atoms with Gasteiger partial charge in [0.05, 0.1) is 33.8 Å². The molecular weight excluding hydrogens is 603 g/mol. The minimum absolute atomic E-state index is 0.0119. The Morgan fingerprint density at radius 1 is 1.07 bits per heavy atom. The van der Waals surface area contributed by atoms with E-state index in [9.17, 15) is 23.2 Å². The van der Waals surface area contributed by atoms with Gasteiger partial charge in [0.1, 0.15) is 5.82 Å². The topological polar surface area (TPSA) is 70.1 Å². The van der Waals surface area contributed by atoms with Crippen LogP contribution in [0, 0.1) is 30.6 Å². The lowest BCUT2D eigenvalue weighted by Gasteiger charge is -2.44. The van der Waals surface area contributed by atoms with Crippen LogP contribution in [0.15, 0.2) is 83.3 Å². The van der Waals surface area contributed by atoms with Crippen molar-refractivity contribution in [3.8, 4) is 6.07 Å². The first-order valence-corrected chi connectivity index (χ1v) is 15.8. The zero-order chi connectivity index (χ0) is 32.0. The molecule has 2 aliphatic rings. The quantitative estimate of drug-likeness (QED) is 0.292. The number of aryl methyl sites for hydroxylation is 1. The number of hydrogen-bond donors (Lipinski definition) is 1. The summed E-state index contributed by atoms with van der Waals surface area (Å²) in [6.07, 6.45) is -4.03. The number of alkyl halides is 3. The number of hydrogen-bond acceptors (Lipinski definition) is 5. The molecule has 0 bridgehead atoms.